The van der Waals surface area contributed by atoms with Crippen LogP contribution in [-0.2, 0) is 27.9 Å². The van der Waals surface area contributed by atoms with Crippen LogP contribution in [0.1, 0.15) is 284 Å². The van der Waals surface area contributed by atoms with Crippen molar-refractivity contribution in [3.63, 3.8) is 0 Å². The lowest BCUT2D eigenvalue weighted by molar-refractivity contribution is -0.147. The molecule has 0 heterocycles. The first kappa shape index (κ1) is 60.0. The third kappa shape index (κ3) is 49.9. The predicted octanol–water partition coefficient (Wildman–Crippen LogP) is 15.6. The van der Waals surface area contributed by atoms with E-state index in [1.54, 1.807) is 0 Å². The van der Waals surface area contributed by atoms with Gasteiger partial charge in [0.25, 0.3) is 0 Å². The Hall–Kier alpha value is -0.990. The van der Waals surface area contributed by atoms with Crippen LogP contribution in [0.15, 0.2) is 0 Å². The number of rotatable bonds is 51. The predicted molar refractivity (Wildman–Crippen MR) is 257 cm³/mol. The number of esters is 1. The first-order valence-electron chi connectivity index (χ1n) is 26.5. The van der Waals surface area contributed by atoms with E-state index >= 15 is 0 Å². The van der Waals surface area contributed by atoms with Crippen molar-refractivity contribution in [3.05, 3.63) is 0 Å². The highest BCUT2D eigenvalue weighted by atomic mass is 31.2. The zero-order valence-corrected chi connectivity index (χ0v) is 41.3. The largest absolute Gasteiger partial charge is 0.472 e. The Bertz CT molecular complexity index is 969. The Morgan fingerprint density at radius 3 is 1.07 bits per heavy atom. The fourth-order valence-corrected chi connectivity index (χ4v) is 8.79. The van der Waals surface area contributed by atoms with Gasteiger partial charge in [0.15, 0.2) is 0 Å². The molecule has 9 nitrogen and oxygen atoms in total. The van der Waals surface area contributed by atoms with E-state index in [4.69, 9.17) is 13.8 Å². The van der Waals surface area contributed by atoms with Crippen molar-refractivity contribution in [1.82, 2.24) is 5.32 Å². The quantitative estimate of drug-likeness (QED) is 0.0313. The van der Waals surface area contributed by atoms with Crippen molar-refractivity contribution in [2.75, 3.05) is 26.4 Å². The van der Waals surface area contributed by atoms with E-state index < -0.39 is 26.5 Å². The summed E-state index contributed by atoms with van der Waals surface area (Å²) in [5, 5.41) is 12.8. The summed E-state index contributed by atoms with van der Waals surface area (Å²) in [6.45, 7) is 3.63. The molecule has 364 valence electrons. The molecule has 0 aromatic heterocycles. The molecule has 0 rings (SSSR count). The molecule has 0 aromatic carbocycles. The highest BCUT2D eigenvalue weighted by Crippen LogP contribution is 2.42. The molecular formula is C51H102NO8P. The molecule has 2 atom stereocenters. The number of unbranched alkanes of at least 4 members (excludes halogenated alkanes) is 38. The number of ether oxygens (including phenoxy) is 1. The molecule has 10 heteroatoms. The summed E-state index contributed by atoms with van der Waals surface area (Å²) in [6, 6.07) is 0. The monoisotopic (exact) mass is 888 g/mol. The standard InChI is InChI=1S/C51H102NO8P/c1-3-5-7-9-11-13-15-17-19-21-23-24-25-26-27-29-31-33-35-37-39-41-43-50(54)52-45-46-59-61(56,57)60-48-49(53)47-58-51(55)44-42-40-38-36-34-32-30-28-22-20-18-16-14-12-10-8-6-4-2/h49,53H,3-48H2,1-2H3,(H,52,54)(H,56,57). The molecule has 0 saturated heterocycles. The van der Waals surface area contributed by atoms with Crippen LogP contribution in [-0.4, -0.2) is 54.3 Å². The maximum Gasteiger partial charge on any atom is 0.472 e. The van der Waals surface area contributed by atoms with Crippen molar-refractivity contribution in [3.8, 4) is 0 Å². The molecule has 0 radical (unpaired) electrons. The van der Waals surface area contributed by atoms with Crippen molar-refractivity contribution in [2.45, 2.75) is 290 Å². The Kier molecular flexibility index (Phi) is 47.7. The van der Waals surface area contributed by atoms with E-state index in [0.717, 1.165) is 38.5 Å². The molecule has 0 aliphatic rings. The van der Waals surface area contributed by atoms with Gasteiger partial charge in [-0.05, 0) is 12.8 Å². The normalized spacial score (nSPS) is 13.0. The molecule has 0 aromatic rings. The van der Waals surface area contributed by atoms with Gasteiger partial charge in [0.1, 0.15) is 12.7 Å². The summed E-state index contributed by atoms with van der Waals surface area (Å²) < 4.78 is 27.0. The average Bonchev–Trinajstić information content (AvgIpc) is 3.25. The fourth-order valence-electron chi connectivity index (χ4n) is 8.03. The van der Waals surface area contributed by atoms with Crippen LogP contribution >= 0.6 is 7.82 Å². The zero-order valence-electron chi connectivity index (χ0n) is 40.4. The maximum absolute atomic E-state index is 12.2. The number of aliphatic hydroxyl groups is 1. The minimum atomic E-state index is -4.41. The highest BCUT2D eigenvalue weighted by molar-refractivity contribution is 7.47. The van der Waals surface area contributed by atoms with E-state index in [9.17, 15) is 24.2 Å². The fraction of sp³-hybridized carbons (Fsp3) is 0.961. The number of phosphoric ester groups is 1. The van der Waals surface area contributed by atoms with Gasteiger partial charge in [-0.25, -0.2) is 4.57 Å². The summed E-state index contributed by atoms with van der Waals surface area (Å²) in [6.07, 6.45) is 51.9. The Balaban J connectivity index is 3.49. The SMILES string of the molecule is CCCCCCCCCCCCCCCCCCCCCCCCC(=O)NCCOP(=O)(O)OCC(O)COC(=O)CCCCCCCCCCCCCCCCCCCC. The molecule has 1 amide bonds. The van der Waals surface area contributed by atoms with Crippen LogP contribution in [0.4, 0.5) is 0 Å². The van der Waals surface area contributed by atoms with Crippen LogP contribution in [0.2, 0.25) is 0 Å². The second-order valence-corrected chi connectivity index (χ2v) is 19.7. The average molecular weight is 888 g/mol. The van der Waals surface area contributed by atoms with E-state index in [0.29, 0.717) is 12.8 Å². The van der Waals surface area contributed by atoms with Gasteiger partial charge in [-0.2, -0.15) is 0 Å². The summed E-state index contributed by atoms with van der Waals surface area (Å²) in [7, 11) is -4.41. The summed E-state index contributed by atoms with van der Waals surface area (Å²) in [5.74, 6) is -0.497. The highest BCUT2D eigenvalue weighted by Gasteiger charge is 2.23. The van der Waals surface area contributed by atoms with Crippen LogP contribution in [0, 0.1) is 0 Å². The van der Waals surface area contributed by atoms with Gasteiger partial charge in [0.2, 0.25) is 5.91 Å². The van der Waals surface area contributed by atoms with Crippen molar-refractivity contribution < 1.29 is 37.9 Å². The van der Waals surface area contributed by atoms with Gasteiger partial charge < -0.3 is 20.1 Å². The number of amides is 1. The van der Waals surface area contributed by atoms with Crippen LogP contribution < -0.4 is 5.32 Å². The minimum absolute atomic E-state index is 0.0889. The molecule has 3 N–H and O–H groups in total. The molecule has 0 saturated carbocycles. The van der Waals surface area contributed by atoms with Crippen LogP contribution in [0.3, 0.4) is 0 Å². The Morgan fingerprint density at radius 1 is 0.443 bits per heavy atom. The lowest BCUT2D eigenvalue weighted by atomic mass is 10.0. The molecule has 0 spiro atoms. The minimum Gasteiger partial charge on any atom is -0.463 e. The van der Waals surface area contributed by atoms with Gasteiger partial charge in [-0.15, -0.1) is 0 Å². The smallest absolute Gasteiger partial charge is 0.463 e. The summed E-state index contributed by atoms with van der Waals surface area (Å²) in [5.41, 5.74) is 0. The van der Waals surface area contributed by atoms with Crippen LogP contribution in [0.5, 0.6) is 0 Å². The lowest BCUT2D eigenvalue weighted by Crippen LogP contribution is -2.27. The zero-order chi connectivity index (χ0) is 44.6. The summed E-state index contributed by atoms with van der Waals surface area (Å²) >= 11 is 0. The Labute approximate surface area is 377 Å². The third-order valence-electron chi connectivity index (χ3n) is 12.0. The van der Waals surface area contributed by atoms with Crippen molar-refractivity contribution in [2.24, 2.45) is 0 Å². The second kappa shape index (κ2) is 48.5. The molecule has 0 fully saturated rings. The third-order valence-corrected chi connectivity index (χ3v) is 13.0. The number of carbonyl (C=O) groups excluding carboxylic acids is 2. The first-order valence-corrected chi connectivity index (χ1v) is 28.0. The van der Waals surface area contributed by atoms with Gasteiger partial charge >= 0.3 is 13.8 Å². The summed E-state index contributed by atoms with van der Waals surface area (Å²) in [4.78, 5) is 34.1. The van der Waals surface area contributed by atoms with E-state index in [2.05, 4.69) is 19.2 Å². The molecular weight excluding hydrogens is 786 g/mol. The van der Waals surface area contributed by atoms with Crippen LogP contribution in [0.25, 0.3) is 0 Å². The number of nitrogens with one attached hydrogen (secondary N) is 1. The topological polar surface area (TPSA) is 131 Å². The molecule has 2 unspecified atom stereocenters. The molecule has 0 aliphatic carbocycles. The van der Waals surface area contributed by atoms with Gasteiger partial charge in [-0.1, -0.05) is 258 Å². The molecule has 61 heavy (non-hydrogen) atoms. The van der Waals surface area contributed by atoms with Gasteiger partial charge in [0.05, 0.1) is 13.2 Å². The maximum atomic E-state index is 12.2. The Morgan fingerprint density at radius 2 is 0.738 bits per heavy atom. The van der Waals surface area contributed by atoms with Crippen molar-refractivity contribution >= 4 is 19.7 Å². The number of carbonyl (C=O) groups is 2. The number of aliphatic hydroxyl groups excluding tert-OH is 1. The first-order chi connectivity index (χ1) is 29.8. The number of phosphoric acid groups is 1. The number of hydrogen-bond acceptors (Lipinski definition) is 7. The van der Waals surface area contributed by atoms with Gasteiger partial charge in [0, 0.05) is 19.4 Å². The molecule has 0 bridgehead atoms. The van der Waals surface area contributed by atoms with E-state index in [1.165, 1.54) is 218 Å². The van der Waals surface area contributed by atoms with Crippen molar-refractivity contribution in [1.29, 1.82) is 0 Å². The van der Waals surface area contributed by atoms with E-state index in [1.807, 2.05) is 0 Å². The van der Waals surface area contributed by atoms with E-state index in [-0.39, 0.29) is 25.7 Å². The lowest BCUT2D eigenvalue weighted by Gasteiger charge is -2.15. The number of hydrogen-bond donors (Lipinski definition) is 3. The van der Waals surface area contributed by atoms with Gasteiger partial charge in [-0.3, -0.25) is 18.6 Å². The molecule has 0 aliphatic heterocycles. The second-order valence-electron chi connectivity index (χ2n) is 18.2.